The third-order valence-corrected chi connectivity index (χ3v) is 3.63. The second kappa shape index (κ2) is 18.4. The quantitative estimate of drug-likeness (QED) is 0.330. The van der Waals surface area contributed by atoms with Crippen molar-refractivity contribution in [3.63, 3.8) is 0 Å². The van der Waals surface area contributed by atoms with Crippen molar-refractivity contribution in [3.8, 4) is 0 Å². The Morgan fingerprint density at radius 3 is 1.54 bits per heavy atom. The van der Waals surface area contributed by atoms with Crippen LogP contribution >= 0.6 is 0 Å². The summed E-state index contributed by atoms with van der Waals surface area (Å²) in [6, 6.07) is 0. The summed E-state index contributed by atoms with van der Waals surface area (Å²) in [5.41, 5.74) is 0. The Morgan fingerprint density at radius 1 is 0.846 bits per heavy atom. The molecule has 0 rings (SSSR count). The third kappa shape index (κ3) is 19.2. The molecule has 0 fully saturated rings. The summed E-state index contributed by atoms with van der Waals surface area (Å²) in [7, 11) is 0. The van der Waals surface area contributed by atoms with Crippen LogP contribution in [0.1, 0.15) is 39.5 Å². The van der Waals surface area contributed by atoms with Crippen LogP contribution in [0.15, 0.2) is 0 Å². The van der Waals surface area contributed by atoms with E-state index in [-0.39, 0.29) is 9.41 Å². The van der Waals surface area contributed by atoms with E-state index in [2.05, 4.69) is 13.8 Å². The summed E-state index contributed by atoms with van der Waals surface area (Å²) < 4.78 is 10.8. The second-order valence-corrected chi connectivity index (χ2v) is 5.16. The van der Waals surface area contributed by atoms with Crippen molar-refractivity contribution >= 4 is 0 Å². The van der Waals surface area contributed by atoms with Gasteiger partial charge in [-0.15, -0.1) is 0 Å². The summed E-state index contributed by atoms with van der Waals surface area (Å²) in [5.74, 6) is 0. The van der Waals surface area contributed by atoms with Gasteiger partial charge in [-0.05, 0) is 0 Å². The molecule has 0 saturated carbocycles. The van der Waals surface area contributed by atoms with Crippen LogP contribution in [0.25, 0.3) is 0 Å². The van der Waals surface area contributed by atoms with Gasteiger partial charge in [0, 0.05) is 0 Å². The zero-order valence-corrected chi connectivity index (χ0v) is 11.9. The number of hydrogen-bond acceptors (Lipinski definition) is 2. The average molecular weight is 363 g/mol. The Morgan fingerprint density at radius 2 is 1.23 bits per heavy atom. The molecule has 0 aliphatic heterocycles. The van der Waals surface area contributed by atoms with Gasteiger partial charge in [0.1, 0.15) is 0 Å². The predicted octanol–water partition coefficient (Wildman–Crippen LogP) is -3.46. The summed E-state index contributed by atoms with van der Waals surface area (Å²) in [5, 5.41) is 0. The van der Waals surface area contributed by atoms with Gasteiger partial charge in [-0.3, -0.25) is 0 Å². The fourth-order valence-corrected chi connectivity index (χ4v) is 2.49. The Balaban J connectivity index is -0.000000500. The summed E-state index contributed by atoms with van der Waals surface area (Å²) in [4.78, 5) is 0. The summed E-state index contributed by atoms with van der Waals surface area (Å²) >= 11 is -1.07. The molecule has 0 atom stereocenters. The van der Waals surface area contributed by atoms with Crippen molar-refractivity contribution in [1.29, 1.82) is 0 Å². The van der Waals surface area contributed by atoms with Crippen LogP contribution in [0.3, 0.4) is 0 Å². The summed E-state index contributed by atoms with van der Waals surface area (Å²) in [6.45, 7) is 6.20. The molecule has 0 aromatic rings. The van der Waals surface area contributed by atoms with E-state index >= 15 is 0 Å². The molecule has 80 valence electrons. The Hall–Kier alpha value is 0.650. The maximum Gasteiger partial charge on any atom is -1.00 e. The Bertz CT molecular complexity index is 69.2. The van der Waals surface area contributed by atoms with Crippen molar-refractivity contribution < 1.29 is 38.9 Å². The Labute approximate surface area is 91.7 Å². The van der Waals surface area contributed by atoms with Crippen LogP contribution in [0, 0.1) is 0 Å². The van der Waals surface area contributed by atoms with Gasteiger partial charge in [-0.25, -0.2) is 0 Å². The minimum absolute atomic E-state index is 0. The van der Waals surface area contributed by atoms with E-state index < -0.39 is 23.8 Å². The van der Waals surface area contributed by atoms with Gasteiger partial charge in [0.2, 0.25) is 0 Å². The van der Waals surface area contributed by atoms with E-state index in [0.717, 1.165) is 13.2 Å². The van der Waals surface area contributed by atoms with Crippen LogP contribution in [0.4, 0.5) is 0 Å². The van der Waals surface area contributed by atoms with Crippen LogP contribution < -0.4 is 9.41 Å². The van der Waals surface area contributed by atoms with Gasteiger partial charge in [-0.1, -0.05) is 0 Å². The van der Waals surface area contributed by atoms with E-state index in [9.17, 15) is 0 Å². The fraction of sp³-hybridized carbons (Fsp3) is 1.00. The molecule has 0 heterocycles. The molecule has 0 aliphatic carbocycles. The van der Waals surface area contributed by atoms with E-state index in [4.69, 9.17) is 5.71 Å². The van der Waals surface area contributed by atoms with Crippen LogP contribution in [-0.4, -0.2) is 13.2 Å². The molecular weight excluding hydrogens is 345 g/mol. The number of hydrogen-bond donors (Lipinski definition) is 0. The topological polar surface area (TPSA) is 18.5 Å². The molecule has 5 heteroatoms. The molecule has 0 aromatic carbocycles. The van der Waals surface area contributed by atoms with Gasteiger partial charge in [0.05, 0.1) is 0 Å². The van der Waals surface area contributed by atoms with Gasteiger partial charge in [0.15, 0.2) is 0 Å². The minimum atomic E-state index is -1.07. The number of halogens is 2. The van der Waals surface area contributed by atoms with E-state index in [0.29, 0.717) is 0 Å². The zero-order chi connectivity index (χ0) is 8.36. The molecule has 0 unspecified atom stereocenters. The van der Waals surface area contributed by atoms with Gasteiger partial charge < -0.3 is 9.41 Å². The normalized spacial score (nSPS) is 8.15. The minimum Gasteiger partial charge on any atom is -1.00 e. The first-order valence-electron chi connectivity index (χ1n) is 4.40. The first-order chi connectivity index (χ1) is 5.41. The van der Waals surface area contributed by atoms with Crippen molar-refractivity contribution in [3.05, 3.63) is 0 Å². The van der Waals surface area contributed by atoms with Crippen LogP contribution in [0.2, 0.25) is 0 Å². The van der Waals surface area contributed by atoms with E-state index in [1.54, 1.807) is 0 Å². The molecule has 0 radical (unpaired) electrons. The van der Waals surface area contributed by atoms with Gasteiger partial charge in [-0.2, -0.15) is 0 Å². The standard InChI is InChI=1S/2C4H9O.2FH.Hf/c2*1-2-3-4-5;;;/h2*2-4H2,1H3;2*1H;/q2*-1;;;+4/p-2. The van der Waals surface area contributed by atoms with Crippen molar-refractivity contribution in [2.24, 2.45) is 0 Å². The van der Waals surface area contributed by atoms with Gasteiger partial charge >= 0.3 is 82.2 Å². The fourth-order valence-electron chi connectivity index (χ4n) is 0.558. The molecule has 0 aromatic heterocycles. The average Bonchev–Trinajstić information content (AvgIpc) is 2.03. The van der Waals surface area contributed by atoms with Crippen molar-refractivity contribution in [2.45, 2.75) is 39.5 Å². The number of unbranched alkanes of at least 4 members (excludes halogenated alkanes) is 2. The maximum absolute atomic E-state index is 5.39. The monoisotopic (exact) mass is 364 g/mol. The smallest absolute Gasteiger partial charge is 1.00 e. The largest absolute Gasteiger partial charge is 1.00 e. The van der Waals surface area contributed by atoms with Crippen LogP contribution in [-0.2, 0) is 29.5 Å². The Kier molecular flexibility index (Phi) is 27.3. The number of rotatable bonds is 8. The first kappa shape index (κ1) is 19.3. The third-order valence-electron chi connectivity index (χ3n) is 1.32. The molecule has 0 spiro atoms. The van der Waals surface area contributed by atoms with Crippen LogP contribution in [0.5, 0.6) is 0 Å². The van der Waals surface area contributed by atoms with Crippen molar-refractivity contribution in [1.82, 2.24) is 0 Å². The van der Waals surface area contributed by atoms with E-state index in [1.807, 2.05) is 0 Å². The predicted molar refractivity (Wildman–Crippen MR) is 41.7 cm³/mol. The molecule has 0 N–H and O–H groups in total. The SMILES string of the molecule is CCCC[O][Hf+2][O]CCCC.[F-].[F-]. The zero-order valence-electron chi connectivity index (χ0n) is 8.32. The molecule has 0 amide bonds. The van der Waals surface area contributed by atoms with Gasteiger partial charge in [0.25, 0.3) is 0 Å². The summed E-state index contributed by atoms with van der Waals surface area (Å²) in [6.07, 6.45) is 4.81. The first-order valence-corrected chi connectivity index (χ1v) is 7.33. The molecule has 0 aliphatic rings. The molecule has 2 nitrogen and oxygen atoms in total. The molecule has 13 heavy (non-hydrogen) atoms. The second-order valence-electron chi connectivity index (χ2n) is 2.49. The van der Waals surface area contributed by atoms with E-state index in [1.165, 1.54) is 25.7 Å². The molecular formula is C8H18F2HfO2. The molecule has 0 bridgehead atoms. The molecule has 0 saturated heterocycles. The maximum atomic E-state index is 5.39. The van der Waals surface area contributed by atoms with Crippen molar-refractivity contribution in [2.75, 3.05) is 13.2 Å².